The second kappa shape index (κ2) is 5.32. The van der Waals surface area contributed by atoms with Crippen LogP contribution in [0.4, 0.5) is 5.69 Å². The smallest absolute Gasteiger partial charge is 0.241 e. The fraction of sp³-hybridized carbons (Fsp3) is 0.500. The van der Waals surface area contributed by atoms with E-state index in [1.54, 1.807) is 0 Å². The average Bonchev–Trinajstić information content (AvgIpc) is 2.28. The lowest BCUT2D eigenvalue weighted by atomic mass is 10.0. The van der Waals surface area contributed by atoms with E-state index in [-0.39, 0.29) is 11.9 Å². The van der Waals surface area contributed by atoms with Gasteiger partial charge in [-0.15, -0.1) is 0 Å². The quantitative estimate of drug-likeness (QED) is 0.822. The molecule has 1 saturated heterocycles. The number of benzene rings is 1. The Bertz CT molecular complexity index is 388. The zero-order valence-electron chi connectivity index (χ0n) is 10.5. The molecule has 0 bridgehead atoms. The lowest BCUT2D eigenvalue weighted by Crippen LogP contribution is -2.43. The molecule has 3 nitrogen and oxygen atoms in total. The number of aryl methyl sites for hydroxylation is 2. The van der Waals surface area contributed by atoms with Crippen LogP contribution in [0.5, 0.6) is 0 Å². The molecule has 2 rings (SSSR count). The number of amides is 1. The number of hydrogen-bond acceptors (Lipinski definition) is 2. The number of anilines is 1. The molecule has 0 saturated carbocycles. The maximum Gasteiger partial charge on any atom is 0.241 e. The molecule has 0 radical (unpaired) electrons. The maximum atomic E-state index is 12.0. The highest BCUT2D eigenvalue weighted by Crippen LogP contribution is 2.15. The van der Waals surface area contributed by atoms with Crippen molar-refractivity contribution >= 4 is 11.6 Å². The fourth-order valence-corrected chi connectivity index (χ4v) is 2.35. The highest BCUT2D eigenvalue weighted by molar-refractivity contribution is 5.95. The van der Waals surface area contributed by atoms with Crippen LogP contribution in [-0.4, -0.2) is 18.5 Å². The van der Waals surface area contributed by atoms with Crippen molar-refractivity contribution in [2.45, 2.75) is 39.2 Å². The first kappa shape index (κ1) is 12.1. The van der Waals surface area contributed by atoms with Gasteiger partial charge in [-0.05, 0) is 56.5 Å². The molecule has 0 spiro atoms. The molecule has 3 heteroatoms. The molecule has 1 fully saturated rings. The van der Waals surface area contributed by atoms with E-state index in [0.717, 1.165) is 25.1 Å². The number of rotatable bonds is 2. The maximum absolute atomic E-state index is 12.0. The molecule has 1 aromatic carbocycles. The van der Waals surface area contributed by atoms with Gasteiger partial charge in [0, 0.05) is 5.69 Å². The van der Waals surface area contributed by atoms with Crippen molar-refractivity contribution in [2.75, 3.05) is 11.9 Å². The first-order valence-corrected chi connectivity index (χ1v) is 6.28. The van der Waals surface area contributed by atoms with E-state index in [9.17, 15) is 4.79 Å². The molecule has 1 atom stereocenters. The van der Waals surface area contributed by atoms with E-state index in [0.29, 0.717) is 0 Å². The molecule has 1 aliphatic rings. The van der Waals surface area contributed by atoms with Gasteiger partial charge in [0.2, 0.25) is 5.91 Å². The summed E-state index contributed by atoms with van der Waals surface area (Å²) in [5.74, 6) is 0.0923. The monoisotopic (exact) mass is 232 g/mol. The summed E-state index contributed by atoms with van der Waals surface area (Å²) in [4.78, 5) is 12.0. The third-order valence-electron chi connectivity index (χ3n) is 3.12. The lowest BCUT2D eigenvalue weighted by molar-refractivity contribution is -0.118. The van der Waals surface area contributed by atoms with Gasteiger partial charge in [0.15, 0.2) is 0 Å². The number of nitrogens with one attached hydrogen (secondary N) is 2. The van der Waals surface area contributed by atoms with Gasteiger partial charge in [-0.3, -0.25) is 4.79 Å². The van der Waals surface area contributed by atoms with Crippen LogP contribution >= 0.6 is 0 Å². The molecule has 0 aromatic heterocycles. The summed E-state index contributed by atoms with van der Waals surface area (Å²) in [6, 6.07) is 6.10. The zero-order valence-corrected chi connectivity index (χ0v) is 10.5. The second-order valence-electron chi connectivity index (χ2n) is 4.87. The van der Waals surface area contributed by atoms with Crippen LogP contribution < -0.4 is 10.6 Å². The summed E-state index contributed by atoms with van der Waals surface area (Å²) in [6.07, 6.45) is 3.25. The summed E-state index contributed by atoms with van der Waals surface area (Å²) >= 11 is 0. The highest BCUT2D eigenvalue weighted by atomic mass is 16.2. The van der Waals surface area contributed by atoms with Crippen LogP contribution in [0.25, 0.3) is 0 Å². The Morgan fingerprint density at radius 3 is 2.53 bits per heavy atom. The van der Waals surface area contributed by atoms with E-state index in [4.69, 9.17) is 0 Å². The third-order valence-corrected chi connectivity index (χ3v) is 3.12. The summed E-state index contributed by atoms with van der Waals surface area (Å²) < 4.78 is 0. The SMILES string of the molecule is Cc1cc(C)cc(NC(=O)C2CCCCN2)c1. The first-order chi connectivity index (χ1) is 8.15. The average molecular weight is 232 g/mol. The van der Waals surface area contributed by atoms with Gasteiger partial charge in [-0.2, -0.15) is 0 Å². The lowest BCUT2D eigenvalue weighted by Gasteiger charge is -2.22. The van der Waals surface area contributed by atoms with Gasteiger partial charge in [0.05, 0.1) is 6.04 Å². The molecule has 2 N–H and O–H groups in total. The molecule has 1 amide bonds. The van der Waals surface area contributed by atoms with E-state index in [2.05, 4.69) is 16.7 Å². The molecule has 1 aromatic rings. The second-order valence-corrected chi connectivity index (χ2v) is 4.87. The standard InChI is InChI=1S/C14H20N2O/c1-10-7-11(2)9-12(8-10)16-14(17)13-5-3-4-6-15-13/h7-9,13,15H,3-6H2,1-2H3,(H,16,17). The van der Waals surface area contributed by atoms with Crippen molar-refractivity contribution < 1.29 is 4.79 Å². The Balaban J connectivity index is 2.01. The minimum Gasteiger partial charge on any atom is -0.325 e. The molecule has 1 heterocycles. The van der Waals surface area contributed by atoms with Gasteiger partial charge < -0.3 is 10.6 Å². The van der Waals surface area contributed by atoms with Crippen molar-refractivity contribution in [3.63, 3.8) is 0 Å². The summed E-state index contributed by atoms with van der Waals surface area (Å²) in [5, 5.41) is 6.25. The number of hydrogen-bond donors (Lipinski definition) is 2. The minimum absolute atomic E-state index is 0.0235. The Morgan fingerprint density at radius 1 is 1.24 bits per heavy atom. The largest absolute Gasteiger partial charge is 0.325 e. The van der Waals surface area contributed by atoms with Crippen molar-refractivity contribution in [3.05, 3.63) is 29.3 Å². The summed E-state index contributed by atoms with van der Waals surface area (Å²) in [7, 11) is 0. The van der Waals surface area contributed by atoms with Gasteiger partial charge in [0.25, 0.3) is 0 Å². The molecular formula is C14H20N2O. The van der Waals surface area contributed by atoms with Crippen molar-refractivity contribution in [1.29, 1.82) is 0 Å². The van der Waals surface area contributed by atoms with Crippen LogP contribution in [0, 0.1) is 13.8 Å². The van der Waals surface area contributed by atoms with Crippen LogP contribution in [0.2, 0.25) is 0 Å². The molecule has 92 valence electrons. The number of carbonyl (C=O) groups is 1. The number of carbonyl (C=O) groups excluding carboxylic acids is 1. The van der Waals surface area contributed by atoms with Crippen LogP contribution in [0.1, 0.15) is 30.4 Å². The van der Waals surface area contributed by atoms with E-state index >= 15 is 0 Å². The third kappa shape index (κ3) is 3.30. The fourth-order valence-electron chi connectivity index (χ4n) is 2.35. The normalized spacial score (nSPS) is 20.0. The predicted octanol–water partition coefficient (Wildman–Crippen LogP) is 2.38. The molecule has 1 unspecified atom stereocenters. The van der Waals surface area contributed by atoms with Crippen molar-refractivity contribution in [2.24, 2.45) is 0 Å². The van der Waals surface area contributed by atoms with Crippen LogP contribution in [-0.2, 0) is 4.79 Å². The zero-order chi connectivity index (χ0) is 12.3. The molecular weight excluding hydrogens is 212 g/mol. The highest BCUT2D eigenvalue weighted by Gasteiger charge is 2.20. The predicted molar refractivity (Wildman–Crippen MR) is 70.2 cm³/mol. The van der Waals surface area contributed by atoms with Gasteiger partial charge >= 0.3 is 0 Å². The van der Waals surface area contributed by atoms with Crippen LogP contribution in [0.3, 0.4) is 0 Å². The molecule has 0 aliphatic carbocycles. The topological polar surface area (TPSA) is 41.1 Å². The van der Waals surface area contributed by atoms with E-state index in [1.165, 1.54) is 17.5 Å². The van der Waals surface area contributed by atoms with Gasteiger partial charge in [-0.1, -0.05) is 12.5 Å². The number of piperidine rings is 1. The van der Waals surface area contributed by atoms with Gasteiger partial charge in [0.1, 0.15) is 0 Å². The van der Waals surface area contributed by atoms with Crippen molar-refractivity contribution in [1.82, 2.24) is 5.32 Å². The van der Waals surface area contributed by atoms with Crippen molar-refractivity contribution in [3.8, 4) is 0 Å². The van der Waals surface area contributed by atoms with Crippen LogP contribution in [0.15, 0.2) is 18.2 Å². The first-order valence-electron chi connectivity index (χ1n) is 6.28. The Kier molecular flexibility index (Phi) is 3.79. The van der Waals surface area contributed by atoms with E-state index < -0.39 is 0 Å². The Labute approximate surface area is 103 Å². The molecule has 1 aliphatic heterocycles. The van der Waals surface area contributed by atoms with Gasteiger partial charge in [-0.25, -0.2) is 0 Å². The Hall–Kier alpha value is -1.35. The molecule has 17 heavy (non-hydrogen) atoms. The minimum atomic E-state index is -0.0235. The summed E-state index contributed by atoms with van der Waals surface area (Å²) in [5.41, 5.74) is 3.26. The van der Waals surface area contributed by atoms with E-state index in [1.807, 2.05) is 26.0 Å². The summed E-state index contributed by atoms with van der Waals surface area (Å²) in [6.45, 7) is 5.04. The Morgan fingerprint density at radius 2 is 1.94 bits per heavy atom.